The number of amides is 1. The molecule has 3 heterocycles. The molecule has 0 radical (unpaired) electrons. The molecule has 1 aromatic carbocycles. The van der Waals surface area contributed by atoms with Gasteiger partial charge in [0.1, 0.15) is 11.6 Å². The van der Waals surface area contributed by atoms with Crippen molar-refractivity contribution in [3.63, 3.8) is 0 Å². The summed E-state index contributed by atoms with van der Waals surface area (Å²) in [5.41, 5.74) is 6.08. The molecule has 3 N–H and O–H groups in total. The molecule has 0 saturated carbocycles. The maximum absolute atomic E-state index is 13.4. The molecule has 2 saturated heterocycles. The summed E-state index contributed by atoms with van der Waals surface area (Å²) in [5.74, 6) is 0.673. The molecule has 1 atom stereocenters. The molecular weight excluding hydrogens is 405 g/mol. The lowest BCUT2D eigenvalue weighted by Gasteiger charge is -2.39. The van der Waals surface area contributed by atoms with Crippen LogP contribution in [0.1, 0.15) is 43.3 Å². The van der Waals surface area contributed by atoms with Gasteiger partial charge in [-0.15, -0.1) is 0 Å². The fourth-order valence-electron chi connectivity index (χ4n) is 4.23. The van der Waals surface area contributed by atoms with E-state index in [-0.39, 0.29) is 24.6 Å². The van der Waals surface area contributed by atoms with Crippen LogP contribution in [0, 0.1) is 5.82 Å². The predicted molar refractivity (Wildman–Crippen MR) is 110 cm³/mol. The third-order valence-corrected chi connectivity index (χ3v) is 5.60. The van der Waals surface area contributed by atoms with E-state index in [4.69, 9.17) is 20.4 Å². The Labute approximate surface area is 180 Å². The summed E-state index contributed by atoms with van der Waals surface area (Å²) in [6.07, 6.45) is 4.21. The van der Waals surface area contributed by atoms with E-state index < -0.39 is 5.91 Å². The minimum atomic E-state index is -0.463. The average molecular weight is 433 g/mol. The largest absolute Gasteiger partial charge is 0.483 e. The number of piperidine rings is 1. The third kappa shape index (κ3) is 6.08. The second-order valence-electron chi connectivity index (χ2n) is 7.70. The molecule has 1 aromatic heterocycles. The van der Waals surface area contributed by atoms with Crippen molar-refractivity contribution in [1.82, 2.24) is 19.7 Å². The number of hydrogen-bond acceptors (Lipinski definition) is 6. The second-order valence-corrected chi connectivity index (χ2v) is 7.70. The Morgan fingerprint density at radius 3 is 2.58 bits per heavy atom. The van der Waals surface area contributed by atoms with Gasteiger partial charge in [-0.25, -0.2) is 14.1 Å². The van der Waals surface area contributed by atoms with Crippen molar-refractivity contribution in [3.05, 3.63) is 41.7 Å². The van der Waals surface area contributed by atoms with Gasteiger partial charge in [0.2, 0.25) is 5.91 Å². The number of carbonyl (C=O) groups is 2. The zero-order chi connectivity index (χ0) is 22.2. The number of hydrogen-bond donors (Lipinski definition) is 2. The molecule has 0 aliphatic carbocycles. The van der Waals surface area contributed by atoms with Crippen molar-refractivity contribution < 1.29 is 23.8 Å². The van der Waals surface area contributed by atoms with Crippen LogP contribution in [0.2, 0.25) is 0 Å². The number of nitrogens with zero attached hydrogens (tertiary/aromatic N) is 4. The van der Waals surface area contributed by atoms with Gasteiger partial charge in [-0.2, -0.15) is 5.10 Å². The van der Waals surface area contributed by atoms with Crippen molar-refractivity contribution in [2.75, 3.05) is 26.3 Å². The number of carbonyl (C=O) groups excluding carboxylic acids is 1. The molecule has 2 aliphatic heterocycles. The second kappa shape index (κ2) is 11.0. The molecule has 1 unspecified atom stereocenters. The number of likely N-dealkylation sites (tertiary alicyclic amines) is 1. The van der Waals surface area contributed by atoms with Gasteiger partial charge < -0.3 is 15.6 Å². The molecule has 2 aliphatic rings. The fraction of sp³-hybridized carbons (Fsp3) is 0.524. The van der Waals surface area contributed by atoms with Crippen LogP contribution < -0.4 is 5.73 Å². The number of ether oxygens (including phenoxy) is 1. The van der Waals surface area contributed by atoms with Crippen molar-refractivity contribution in [3.8, 4) is 5.69 Å². The van der Waals surface area contributed by atoms with Crippen LogP contribution in [-0.4, -0.2) is 69.5 Å². The zero-order valence-electron chi connectivity index (χ0n) is 17.3. The first-order valence-electron chi connectivity index (χ1n) is 10.4. The van der Waals surface area contributed by atoms with E-state index in [1.165, 1.54) is 12.1 Å². The normalized spacial score (nSPS) is 20.0. The third-order valence-electron chi connectivity index (χ3n) is 5.60. The summed E-state index contributed by atoms with van der Waals surface area (Å²) < 4.78 is 20.6. The highest BCUT2D eigenvalue weighted by Crippen LogP contribution is 2.30. The van der Waals surface area contributed by atoms with Crippen LogP contribution in [0.3, 0.4) is 0 Å². The van der Waals surface area contributed by atoms with Gasteiger partial charge in [-0.1, -0.05) is 0 Å². The molecule has 2 fully saturated rings. The van der Waals surface area contributed by atoms with Gasteiger partial charge in [0.05, 0.1) is 12.1 Å². The molecule has 0 spiro atoms. The average Bonchev–Trinajstić information content (AvgIpc) is 3.18. The standard InChI is InChI=1S/C20H26FN5O2.CH2O2/c21-15-3-5-17(6-4-15)26-20(23-19(24-26)12-18(22)27)14-2-1-9-25(13-14)16-7-10-28-11-8-16;2-1-3/h3-6,14,16H,1-2,7-13H2,(H2,22,27);1H,(H,2,3). The minimum Gasteiger partial charge on any atom is -0.483 e. The first-order chi connectivity index (χ1) is 15.0. The topological polar surface area (TPSA) is 124 Å². The van der Waals surface area contributed by atoms with E-state index in [0.717, 1.165) is 63.5 Å². The number of rotatable bonds is 5. The van der Waals surface area contributed by atoms with Crippen molar-refractivity contribution >= 4 is 12.4 Å². The van der Waals surface area contributed by atoms with E-state index in [0.29, 0.717) is 11.9 Å². The number of primary amides is 1. The van der Waals surface area contributed by atoms with E-state index in [2.05, 4.69) is 15.0 Å². The lowest BCUT2D eigenvalue weighted by Crippen LogP contribution is -2.45. The summed E-state index contributed by atoms with van der Waals surface area (Å²) >= 11 is 0. The van der Waals surface area contributed by atoms with Crippen LogP contribution in [0.4, 0.5) is 4.39 Å². The quantitative estimate of drug-likeness (QED) is 0.685. The molecule has 0 bridgehead atoms. The van der Waals surface area contributed by atoms with Crippen LogP contribution in [0.15, 0.2) is 24.3 Å². The lowest BCUT2D eigenvalue weighted by atomic mass is 9.94. The predicted octanol–water partition coefficient (Wildman–Crippen LogP) is 1.49. The van der Waals surface area contributed by atoms with Gasteiger partial charge in [0, 0.05) is 31.7 Å². The van der Waals surface area contributed by atoms with Crippen LogP contribution >= 0.6 is 0 Å². The van der Waals surface area contributed by atoms with Gasteiger partial charge in [-0.05, 0) is 56.5 Å². The Kier molecular flexibility index (Phi) is 8.07. The minimum absolute atomic E-state index is 0.00239. The van der Waals surface area contributed by atoms with Crippen LogP contribution in [0.5, 0.6) is 0 Å². The van der Waals surface area contributed by atoms with Gasteiger partial charge >= 0.3 is 0 Å². The maximum Gasteiger partial charge on any atom is 0.290 e. The van der Waals surface area contributed by atoms with Crippen molar-refractivity contribution in [2.45, 2.75) is 44.1 Å². The maximum atomic E-state index is 13.4. The summed E-state index contributed by atoms with van der Waals surface area (Å²) in [5, 5.41) is 11.4. The molecular formula is C21H28FN5O4. The monoisotopic (exact) mass is 433 g/mol. The smallest absolute Gasteiger partial charge is 0.290 e. The highest BCUT2D eigenvalue weighted by Gasteiger charge is 2.31. The molecule has 10 heteroatoms. The number of nitrogens with two attached hydrogens (primary N) is 1. The molecule has 2 aromatic rings. The molecule has 1 amide bonds. The first kappa shape index (κ1) is 22.8. The number of benzene rings is 1. The Balaban J connectivity index is 0.000000858. The van der Waals surface area contributed by atoms with Gasteiger partial charge in [-0.3, -0.25) is 14.5 Å². The highest BCUT2D eigenvalue weighted by molar-refractivity contribution is 5.75. The van der Waals surface area contributed by atoms with Gasteiger partial charge in [0.25, 0.3) is 6.47 Å². The summed E-state index contributed by atoms with van der Waals surface area (Å²) in [7, 11) is 0. The van der Waals surface area contributed by atoms with Gasteiger partial charge in [0.15, 0.2) is 5.82 Å². The Morgan fingerprint density at radius 2 is 1.94 bits per heavy atom. The summed E-state index contributed by atoms with van der Waals surface area (Å²) in [4.78, 5) is 26.9. The Hall–Kier alpha value is -2.85. The number of carboxylic acid groups (broad SMARTS) is 1. The van der Waals surface area contributed by atoms with E-state index in [9.17, 15) is 9.18 Å². The summed E-state index contributed by atoms with van der Waals surface area (Å²) in [6.45, 7) is 3.38. The first-order valence-corrected chi connectivity index (χ1v) is 10.4. The Bertz CT molecular complexity index is 867. The molecule has 168 valence electrons. The van der Waals surface area contributed by atoms with E-state index in [1.54, 1.807) is 16.8 Å². The number of aromatic nitrogens is 3. The van der Waals surface area contributed by atoms with Crippen LogP contribution in [0.25, 0.3) is 5.69 Å². The zero-order valence-corrected chi connectivity index (χ0v) is 17.3. The Morgan fingerprint density at radius 1 is 1.26 bits per heavy atom. The highest BCUT2D eigenvalue weighted by atomic mass is 19.1. The molecule has 4 rings (SSSR count). The van der Waals surface area contributed by atoms with E-state index in [1.807, 2.05) is 0 Å². The van der Waals surface area contributed by atoms with Crippen LogP contribution in [-0.2, 0) is 20.7 Å². The van der Waals surface area contributed by atoms with Crippen molar-refractivity contribution in [1.29, 1.82) is 0 Å². The molecule has 9 nitrogen and oxygen atoms in total. The summed E-state index contributed by atoms with van der Waals surface area (Å²) in [6, 6.07) is 6.72. The fourth-order valence-corrected chi connectivity index (χ4v) is 4.23. The lowest BCUT2D eigenvalue weighted by molar-refractivity contribution is -0.123. The molecule has 31 heavy (non-hydrogen) atoms. The number of halogens is 1. The van der Waals surface area contributed by atoms with E-state index >= 15 is 0 Å². The van der Waals surface area contributed by atoms with Crippen molar-refractivity contribution in [2.24, 2.45) is 5.73 Å². The SMILES string of the molecule is NC(=O)Cc1nc(C2CCCN(C3CCOCC3)C2)n(-c2ccc(F)cc2)n1.O=CO.